The smallest absolute Gasteiger partial charge is 0.411 e. The molecule has 0 aliphatic heterocycles. The van der Waals surface area contributed by atoms with Crippen molar-refractivity contribution in [2.45, 2.75) is 59.0 Å². The van der Waals surface area contributed by atoms with Gasteiger partial charge in [-0.3, -0.25) is 5.32 Å². The van der Waals surface area contributed by atoms with E-state index < -0.39 is 6.09 Å². The Bertz CT molecular complexity index is 825. The number of rotatable bonds is 7. The van der Waals surface area contributed by atoms with E-state index in [1.54, 1.807) is 0 Å². The molecule has 3 rings (SSSR count). The van der Waals surface area contributed by atoms with Crippen LogP contribution in [-0.2, 0) is 24.2 Å². The van der Waals surface area contributed by atoms with Gasteiger partial charge in [-0.25, -0.2) is 4.79 Å². The fourth-order valence-corrected chi connectivity index (χ4v) is 3.54. The van der Waals surface area contributed by atoms with Crippen LogP contribution in [0.25, 0.3) is 0 Å². The molecular formula is C23H29NO3. The van der Waals surface area contributed by atoms with E-state index in [1.807, 2.05) is 12.1 Å². The summed E-state index contributed by atoms with van der Waals surface area (Å²) in [6.07, 6.45) is 3.89. The normalized spacial score (nSPS) is 13.3. The van der Waals surface area contributed by atoms with Gasteiger partial charge >= 0.3 is 6.09 Å². The van der Waals surface area contributed by atoms with Crippen molar-refractivity contribution in [1.82, 2.24) is 0 Å². The van der Waals surface area contributed by atoms with Gasteiger partial charge < -0.3 is 9.47 Å². The maximum absolute atomic E-state index is 11.7. The van der Waals surface area contributed by atoms with E-state index in [4.69, 9.17) is 9.47 Å². The summed E-state index contributed by atoms with van der Waals surface area (Å²) in [5.74, 6) is 1.50. The van der Waals surface area contributed by atoms with Crippen molar-refractivity contribution in [3.05, 3.63) is 58.1 Å². The number of ether oxygens (including phenoxy) is 2. The molecule has 1 fully saturated rings. The molecule has 0 unspecified atom stereocenters. The second kappa shape index (κ2) is 8.47. The Hall–Kier alpha value is -2.49. The van der Waals surface area contributed by atoms with Crippen LogP contribution in [0.4, 0.5) is 10.5 Å². The summed E-state index contributed by atoms with van der Waals surface area (Å²) in [7, 11) is 1.38. The molecule has 0 heterocycles. The Morgan fingerprint density at radius 2 is 1.89 bits per heavy atom. The lowest BCUT2D eigenvalue weighted by Gasteiger charge is -2.18. The van der Waals surface area contributed by atoms with E-state index in [0.29, 0.717) is 12.5 Å². The van der Waals surface area contributed by atoms with Crippen molar-refractivity contribution < 1.29 is 14.3 Å². The number of anilines is 1. The first-order valence-corrected chi connectivity index (χ1v) is 9.79. The summed E-state index contributed by atoms with van der Waals surface area (Å²) in [6, 6.07) is 10.4. The van der Waals surface area contributed by atoms with Crippen molar-refractivity contribution >= 4 is 11.8 Å². The Balaban J connectivity index is 1.89. The van der Waals surface area contributed by atoms with Gasteiger partial charge in [-0.15, -0.1) is 0 Å². The second-order valence-corrected chi connectivity index (χ2v) is 7.15. The minimum atomic E-state index is -0.457. The number of hydrogen-bond donors (Lipinski definition) is 1. The van der Waals surface area contributed by atoms with Crippen LogP contribution in [0.5, 0.6) is 5.75 Å². The zero-order chi connectivity index (χ0) is 19.4. The zero-order valence-corrected chi connectivity index (χ0v) is 16.7. The first-order valence-electron chi connectivity index (χ1n) is 9.79. The standard InChI is InChI=1S/C23H29NO3/c1-5-16-13-17(6-2)22(12-15(16)3)27-14-20-19(18-10-11-18)8-7-9-21(20)24-23(25)26-4/h7-9,12-13,18H,5-6,10-11,14H2,1-4H3,(H,24,25). The molecule has 1 N–H and O–H groups in total. The molecule has 2 aromatic rings. The molecule has 1 aliphatic rings. The molecule has 0 radical (unpaired) electrons. The summed E-state index contributed by atoms with van der Waals surface area (Å²) in [6.45, 7) is 6.90. The highest BCUT2D eigenvalue weighted by molar-refractivity contribution is 5.86. The van der Waals surface area contributed by atoms with Crippen molar-refractivity contribution in [2.24, 2.45) is 0 Å². The van der Waals surface area contributed by atoms with Crippen molar-refractivity contribution in [3.8, 4) is 5.75 Å². The van der Waals surface area contributed by atoms with Gasteiger partial charge in [-0.2, -0.15) is 0 Å². The monoisotopic (exact) mass is 367 g/mol. The van der Waals surface area contributed by atoms with Crippen LogP contribution in [0.1, 0.15) is 60.4 Å². The summed E-state index contributed by atoms with van der Waals surface area (Å²) in [5.41, 5.74) is 6.93. The predicted molar refractivity (Wildman–Crippen MR) is 109 cm³/mol. The molecule has 0 spiro atoms. The van der Waals surface area contributed by atoms with Crippen LogP contribution in [0.3, 0.4) is 0 Å². The van der Waals surface area contributed by atoms with Gasteiger partial charge in [-0.1, -0.05) is 32.0 Å². The van der Waals surface area contributed by atoms with Gasteiger partial charge in [0.2, 0.25) is 0 Å². The third-order valence-electron chi connectivity index (χ3n) is 5.30. The number of aryl methyl sites for hydroxylation is 3. The van der Waals surface area contributed by atoms with Gasteiger partial charge in [0.25, 0.3) is 0 Å². The minimum Gasteiger partial charge on any atom is -0.489 e. The lowest BCUT2D eigenvalue weighted by molar-refractivity contribution is 0.187. The molecule has 144 valence electrons. The molecule has 0 atom stereocenters. The maximum Gasteiger partial charge on any atom is 0.411 e. The number of methoxy groups -OCH3 is 1. The molecule has 0 saturated heterocycles. The molecular weight excluding hydrogens is 338 g/mol. The summed E-state index contributed by atoms with van der Waals surface area (Å²) >= 11 is 0. The fraction of sp³-hybridized carbons (Fsp3) is 0.435. The Morgan fingerprint density at radius 1 is 1.15 bits per heavy atom. The van der Waals surface area contributed by atoms with Gasteiger partial charge in [-0.05, 0) is 72.9 Å². The third kappa shape index (κ3) is 4.44. The minimum absolute atomic E-state index is 0.434. The molecule has 1 saturated carbocycles. The quantitative estimate of drug-likeness (QED) is 0.677. The van der Waals surface area contributed by atoms with Crippen LogP contribution in [0, 0.1) is 6.92 Å². The third-order valence-corrected chi connectivity index (χ3v) is 5.30. The lowest BCUT2D eigenvalue weighted by Crippen LogP contribution is -2.14. The number of hydrogen-bond acceptors (Lipinski definition) is 3. The van der Waals surface area contributed by atoms with Gasteiger partial charge in [0, 0.05) is 5.56 Å². The van der Waals surface area contributed by atoms with Crippen LogP contribution in [0.15, 0.2) is 30.3 Å². The van der Waals surface area contributed by atoms with E-state index in [2.05, 4.69) is 44.3 Å². The van der Waals surface area contributed by atoms with Gasteiger partial charge in [0.1, 0.15) is 12.4 Å². The molecule has 27 heavy (non-hydrogen) atoms. The van der Waals surface area contributed by atoms with Crippen molar-refractivity contribution in [2.75, 3.05) is 12.4 Å². The van der Waals surface area contributed by atoms with Gasteiger partial charge in [0.05, 0.1) is 12.8 Å². The average molecular weight is 367 g/mol. The van der Waals surface area contributed by atoms with Crippen LogP contribution in [0.2, 0.25) is 0 Å². The SMILES string of the molecule is CCc1cc(CC)c(OCc2c(NC(=O)OC)cccc2C2CC2)cc1C. The highest BCUT2D eigenvalue weighted by Gasteiger charge is 2.27. The van der Waals surface area contributed by atoms with Crippen LogP contribution >= 0.6 is 0 Å². The molecule has 2 aromatic carbocycles. The molecule has 0 aromatic heterocycles. The highest BCUT2D eigenvalue weighted by atomic mass is 16.5. The Kier molecular flexibility index (Phi) is 6.04. The molecule has 4 nitrogen and oxygen atoms in total. The maximum atomic E-state index is 11.7. The largest absolute Gasteiger partial charge is 0.489 e. The molecule has 1 aliphatic carbocycles. The molecule has 0 bridgehead atoms. The summed E-state index contributed by atoms with van der Waals surface area (Å²) < 4.78 is 11.1. The van der Waals surface area contributed by atoms with Crippen molar-refractivity contribution in [3.63, 3.8) is 0 Å². The van der Waals surface area contributed by atoms with E-state index in [1.165, 1.54) is 42.2 Å². The highest BCUT2D eigenvalue weighted by Crippen LogP contribution is 2.43. The number of amides is 1. The number of benzene rings is 2. The summed E-state index contributed by atoms with van der Waals surface area (Å²) in [5, 5.41) is 2.84. The van der Waals surface area contributed by atoms with E-state index >= 15 is 0 Å². The number of nitrogens with one attached hydrogen (secondary N) is 1. The van der Waals surface area contributed by atoms with Crippen molar-refractivity contribution in [1.29, 1.82) is 0 Å². The Labute approximate surface area is 161 Å². The van der Waals surface area contributed by atoms with Gasteiger partial charge in [0.15, 0.2) is 0 Å². The first-order chi connectivity index (χ1) is 13.1. The van der Waals surface area contributed by atoms with E-state index in [-0.39, 0.29) is 0 Å². The first kappa shape index (κ1) is 19.3. The zero-order valence-electron chi connectivity index (χ0n) is 16.7. The topological polar surface area (TPSA) is 47.6 Å². The fourth-order valence-electron chi connectivity index (χ4n) is 3.54. The average Bonchev–Trinajstić information content (AvgIpc) is 3.51. The van der Waals surface area contributed by atoms with Crippen LogP contribution < -0.4 is 10.1 Å². The predicted octanol–water partition coefficient (Wildman–Crippen LogP) is 5.75. The summed E-state index contributed by atoms with van der Waals surface area (Å²) in [4.78, 5) is 11.7. The van der Waals surface area contributed by atoms with E-state index in [9.17, 15) is 4.79 Å². The Morgan fingerprint density at radius 3 is 2.52 bits per heavy atom. The molecule has 1 amide bonds. The number of carbonyl (C=O) groups excluding carboxylic acids is 1. The lowest BCUT2D eigenvalue weighted by atomic mass is 10.00. The van der Waals surface area contributed by atoms with E-state index in [0.717, 1.165) is 29.8 Å². The number of carbonyl (C=O) groups is 1. The second-order valence-electron chi connectivity index (χ2n) is 7.15. The molecule has 4 heteroatoms. The van der Waals surface area contributed by atoms with Crippen LogP contribution in [-0.4, -0.2) is 13.2 Å².